The molecule has 1 aromatic heterocycles. The van der Waals surface area contributed by atoms with Crippen LogP contribution in [0.4, 0.5) is 11.5 Å². The van der Waals surface area contributed by atoms with Gasteiger partial charge in [0.25, 0.3) is 11.6 Å². The first-order chi connectivity index (χ1) is 14.6. The summed E-state index contributed by atoms with van der Waals surface area (Å²) in [5.41, 5.74) is 2.86. The fourth-order valence-electron chi connectivity index (χ4n) is 3.64. The highest BCUT2D eigenvalue weighted by Crippen LogP contribution is 2.21. The summed E-state index contributed by atoms with van der Waals surface area (Å²) in [7, 11) is 0. The maximum atomic E-state index is 13.0. The minimum atomic E-state index is -0.456. The predicted molar refractivity (Wildman–Crippen MR) is 116 cm³/mol. The van der Waals surface area contributed by atoms with E-state index in [0.717, 1.165) is 24.1 Å². The van der Waals surface area contributed by atoms with Crippen LogP contribution in [0.15, 0.2) is 72.9 Å². The molecule has 1 aliphatic rings. The van der Waals surface area contributed by atoms with Crippen molar-refractivity contribution in [1.29, 1.82) is 0 Å². The highest BCUT2D eigenvalue weighted by molar-refractivity contribution is 5.94. The lowest BCUT2D eigenvalue weighted by atomic mass is 10.0. The van der Waals surface area contributed by atoms with E-state index in [2.05, 4.69) is 9.88 Å². The van der Waals surface area contributed by atoms with E-state index in [0.29, 0.717) is 31.0 Å². The molecule has 0 aliphatic carbocycles. The molecule has 1 fully saturated rings. The first-order valence-corrected chi connectivity index (χ1v) is 9.92. The van der Waals surface area contributed by atoms with Crippen LogP contribution in [0.1, 0.15) is 16.8 Å². The number of amides is 1. The number of pyridine rings is 1. The van der Waals surface area contributed by atoms with E-state index in [1.165, 1.54) is 12.3 Å². The van der Waals surface area contributed by atoms with Crippen LogP contribution < -0.4 is 4.90 Å². The van der Waals surface area contributed by atoms with Crippen molar-refractivity contribution in [3.63, 3.8) is 0 Å². The lowest BCUT2D eigenvalue weighted by molar-refractivity contribution is -0.385. The molecule has 0 saturated carbocycles. The Kier molecular flexibility index (Phi) is 5.70. The number of hydrogen-bond donors (Lipinski definition) is 0. The van der Waals surface area contributed by atoms with E-state index in [4.69, 9.17) is 0 Å². The molecule has 2 heterocycles. The normalized spacial score (nSPS) is 14.3. The van der Waals surface area contributed by atoms with Crippen molar-refractivity contribution in [3.8, 4) is 11.1 Å². The second-order valence-corrected chi connectivity index (χ2v) is 7.21. The zero-order valence-corrected chi connectivity index (χ0v) is 16.5. The van der Waals surface area contributed by atoms with E-state index in [9.17, 15) is 14.9 Å². The number of anilines is 1. The van der Waals surface area contributed by atoms with Crippen molar-refractivity contribution >= 4 is 17.4 Å². The van der Waals surface area contributed by atoms with Crippen LogP contribution in [0.3, 0.4) is 0 Å². The smallest absolute Gasteiger partial charge is 0.287 e. The second kappa shape index (κ2) is 8.73. The van der Waals surface area contributed by atoms with E-state index >= 15 is 0 Å². The summed E-state index contributed by atoms with van der Waals surface area (Å²) in [6.07, 6.45) is 2.09. The van der Waals surface area contributed by atoms with E-state index in [1.807, 2.05) is 59.5 Å². The molecule has 2 aromatic carbocycles. The fraction of sp³-hybridized carbons (Fsp3) is 0.217. The molecule has 152 valence electrons. The van der Waals surface area contributed by atoms with Crippen molar-refractivity contribution in [1.82, 2.24) is 9.88 Å². The van der Waals surface area contributed by atoms with Gasteiger partial charge in [0.1, 0.15) is 12.0 Å². The third kappa shape index (κ3) is 4.30. The molecule has 3 aromatic rings. The van der Waals surface area contributed by atoms with Gasteiger partial charge in [0.2, 0.25) is 0 Å². The Balaban J connectivity index is 1.41. The van der Waals surface area contributed by atoms with Gasteiger partial charge in [-0.25, -0.2) is 4.98 Å². The van der Waals surface area contributed by atoms with Gasteiger partial charge >= 0.3 is 0 Å². The molecule has 1 amide bonds. The van der Waals surface area contributed by atoms with Crippen LogP contribution in [0, 0.1) is 10.1 Å². The minimum absolute atomic E-state index is 0.0214. The predicted octanol–water partition coefficient (Wildman–Crippen LogP) is 4.01. The molecule has 1 saturated heterocycles. The molecule has 0 bridgehead atoms. The Morgan fingerprint density at radius 3 is 2.27 bits per heavy atom. The third-order valence-electron chi connectivity index (χ3n) is 5.29. The largest absolute Gasteiger partial charge is 0.355 e. The fourth-order valence-corrected chi connectivity index (χ4v) is 3.64. The second-order valence-electron chi connectivity index (χ2n) is 7.21. The topological polar surface area (TPSA) is 79.6 Å². The SMILES string of the molecule is O=C(c1ccc(-c2ccccc2)cc1)N1CCCN(c2ccc([N+](=O)[O-])cn2)CC1. The molecule has 4 rings (SSSR count). The average Bonchev–Trinajstić information content (AvgIpc) is 3.06. The van der Waals surface area contributed by atoms with Gasteiger partial charge in [0.05, 0.1) is 4.92 Å². The van der Waals surface area contributed by atoms with Crippen LogP contribution in [0.5, 0.6) is 0 Å². The van der Waals surface area contributed by atoms with Crippen molar-refractivity contribution in [2.24, 2.45) is 0 Å². The van der Waals surface area contributed by atoms with Crippen molar-refractivity contribution < 1.29 is 9.72 Å². The molecular formula is C23H22N4O3. The van der Waals surface area contributed by atoms with Gasteiger partial charge in [-0.1, -0.05) is 42.5 Å². The third-order valence-corrected chi connectivity index (χ3v) is 5.29. The van der Waals surface area contributed by atoms with Crippen LogP contribution >= 0.6 is 0 Å². The number of aromatic nitrogens is 1. The van der Waals surface area contributed by atoms with Gasteiger partial charge in [-0.15, -0.1) is 0 Å². The van der Waals surface area contributed by atoms with Crippen molar-refractivity contribution in [2.75, 3.05) is 31.1 Å². The van der Waals surface area contributed by atoms with Gasteiger partial charge in [-0.3, -0.25) is 14.9 Å². The van der Waals surface area contributed by atoms with Crippen LogP contribution in [0.2, 0.25) is 0 Å². The summed E-state index contributed by atoms with van der Waals surface area (Å²) in [5.74, 6) is 0.718. The molecule has 0 unspecified atom stereocenters. The van der Waals surface area contributed by atoms with Crippen LogP contribution in [-0.4, -0.2) is 46.9 Å². The van der Waals surface area contributed by atoms with E-state index < -0.39 is 4.92 Å². The average molecular weight is 402 g/mol. The highest BCUT2D eigenvalue weighted by Gasteiger charge is 2.21. The van der Waals surface area contributed by atoms with Crippen LogP contribution in [-0.2, 0) is 0 Å². The number of carbonyl (C=O) groups excluding carboxylic acids is 1. The Labute approximate surface area is 174 Å². The van der Waals surface area contributed by atoms with E-state index in [1.54, 1.807) is 6.07 Å². The van der Waals surface area contributed by atoms with Crippen molar-refractivity contribution in [3.05, 3.63) is 88.6 Å². The number of nitrogens with zero attached hydrogens (tertiary/aromatic N) is 4. The summed E-state index contributed by atoms with van der Waals surface area (Å²) in [6.45, 7) is 2.64. The Hall–Kier alpha value is -3.74. The van der Waals surface area contributed by atoms with Gasteiger partial charge in [-0.05, 0) is 35.7 Å². The number of rotatable bonds is 4. The molecule has 7 nitrogen and oxygen atoms in total. The molecule has 0 spiro atoms. The number of carbonyl (C=O) groups is 1. The molecule has 7 heteroatoms. The Morgan fingerprint density at radius 2 is 1.60 bits per heavy atom. The van der Waals surface area contributed by atoms with Crippen LogP contribution in [0.25, 0.3) is 11.1 Å². The Bertz CT molecular complexity index is 1020. The lowest BCUT2D eigenvalue weighted by Crippen LogP contribution is -2.35. The summed E-state index contributed by atoms with van der Waals surface area (Å²) in [6, 6.07) is 20.9. The maximum Gasteiger partial charge on any atom is 0.287 e. The van der Waals surface area contributed by atoms with E-state index in [-0.39, 0.29) is 11.6 Å². The summed E-state index contributed by atoms with van der Waals surface area (Å²) < 4.78 is 0. The standard InChI is InChI=1S/C23H22N4O3/c28-23(20-9-7-19(8-10-20)18-5-2-1-3-6-18)26-14-4-13-25(15-16-26)22-12-11-21(17-24-22)27(29)30/h1-3,5-12,17H,4,13-16H2. The quantitative estimate of drug-likeness (QED) is 0.487. The monoisotopic (exact) mass is 402 g/mol. The van der Waals surface area contributed by atoms with Crippen molar-refractivity contribution in [2.45, 2.75) is 6.42 Å². The molecular weight excluding hydrogens is 380 g/mol. The molecule has 1 aliphatic heterocycles. The molecule has 0 atom stereocenters. The van der Waals surface area contributed by atoms with Gasteiger partial charge in [-0.2, -0.15) is 0 Å². The molecule has 30 heavy (non-hydrogen) atoms. The number of hydrogen-bond acceptors (Lipinski definition) is 5. The Morgan fingerprint density at radius 1 is 0.867 bits per heavy atom. The maximum absolute atomic E-state index is 13.0. The van der Waals surface area contributed by atoms with Gasteiger partial charge in [0, 0.05) is 37.8 Å². The minimum Gasteiger partial charge on any atom is -0.355 e. The van der Waals surface area contributed by atoms with Gasteiger partial charge < -0.3 is 9.80 Å². The molecule has 0 N–H and O–H groups in total. The first kappa shape index (κ1) is 19.6. The zero-order valence-electron chi connectivity index (χ0n) is 16.5. The zero-order chi connectivity index (χ0) is 20.9. The summed E-state index contributed by atoms with van der Waals surface area (Å²) in [5, 5.41) is 10.8. The highest BCUT2D eigenvalue weighted by atomic mass is 16.6. The lowest BCUT2D eigenvalue weighted by Gasteiger charge is -2.23. The summed E-state index contributed by atoms with van der Waals surface area (Å²) in [4.78, 5) is 31.5. The summed E-state index contributed by atoms with van der Waals surface area (Å²) >= 11 is 0. The first-order valence-electron chi connectivity index (χ1n) is 9.92. The number of nitro groups is 1. The van der Waals surface area contributed by atoms with Gasteiger partial charge in [0.15, 0.2) is 0 Å². The molecule has 0 radical (unpaired) electrons. The number of benzene rings is 2.